The van der Waals surface area contributed by atoms with Crippen molar-refractivity contribution in [1.82, 2.24) is 14.7 Å². The van der Waals surface area contributed by atoms with Crippen LogP contribution in [0.15, 0.2) is 28.7 Å². The zero-order chi connectivity index (χ0) is 20.1. The van der Waals surface area contributed by atoms with E-state index < -0.39 is 16.0 Å². The van der Waals surface area contributed by atoms with E-state index in [0.717, 1.165) is 11.3 Å². The minimum atomic E-state index is -3.81. The molecule has 28 heavy (non-hydrogen) atoms. The maximum absolute atomic E-state index is 12.7. The summed E-state index contributed by atoms with van der Waals surface area (Å²) < 4.78 is 43.5. The molecule has 1 saturated carbocycles. The van der Waals surface area contributed by atoms with Crippen LogP contribution in [0.3, 0.4) is 0 Å². The van der Waals surface area contributed by atoms with Crippen LogP contribution in [0.4, 0.5) is 0 Å². The van der Waals surface area contributed by atoms with Gasteiger partial charge in [0.05, 0.1) is 26.6 Å². The van der Waals surface area contributed by atoms with E-state index in [-0.39, 0.29) is 21.9 Å². The molecule has 0 saturated heterocycles. The predicted molar refractivity (Wildman–Crippen MR) is 101 cm³/mol. The number of thiophene rings is 1. The summed E-state index contributed by atoms with van der Waals surface area (Å²) in [6, 6.07) is 1.18. The number of aromatic nitrogens is 2. The smallest absolute Gasteiger partial charge is 0.349 e. The Balaban J connectivity index is 1.58. The molecular formula is C17H21N3O6S2. The van der Waals surface area contributed by atoms with Crippen molar-refractivity contribution in [1.29, 1.82) is 0 Å². The van der Waals surface area contributed by atoms with Crippen LogP contribution in [-0.4, -0.2) is 50.7 Å². The fourth-order valence-electron chi connectivity index (χ4n) is 2.99. The molecule has 0 aliphatic heterocycles. The van der Waals surface area contributed by atoms with Crippen molar-refractivity contribution < 1.29 is 27.4 Å². The molecule has 2 aromatic heterocycles. The van der Waals surface area contributed by atoms with Crippen molar-refractivity contribution >= 4 is 27.3 Å². The largest absolute Gasteiger partial charge is 0.480 e. The van der Waals surface area contributed by atoms with Crippen LogP contribution in [-0.2, 0) is 14.8 Å². The number of esters is 1. The summed E-state index contributed by atoms with van der Waals surface area (Å²) in [5.41, 5.74) is 0. The van der Waals surface area contributed by atoms with Gasteiger partial charge in [0.2, 0.25) is 21.8 Å². The maximum atomic E-state index is 12.7. The van der Waals surface area contributed by atoms with Gasteiger partial charge < -0.3 is 14.2 Å². The number of hydrogen-bond donors (Lipinski definition) is 1. The molecular weight excluding hydrogens is 406 g/mol. The lowest BCUT2D eigenvalue weighted by atomic mass is 9.94. The first-order valence-electron chi connectivity index (χ1n) is 8.63. The number of carbonyl (C=O) groups excluding carboxylic acids is 1. The summed E-state index contributed by atoms with van der Waals surface area (Å²) in [5, 5.41) is 1.56. The Labute approximate surface area is 167 Å². The zero-order valence-corrected chi connectivity index (χ0v) is 17.1. The number of sulfonamides is 1. The highest BCUT2D eigenvalue weighted by atomic mass is 32.2. The van der Waals surface area contributed by atoms with E-state index in [1.165, 1.54) is 32.7 Å². The summed E-state index contributed by atoms with van der Waals surface area (Å²) in [5.74, 6) is 0.0902. The summed E-state index contributed by atoms with van der Waals surface area (Å²) in [4.78, 5) is 20.0. The van der Waals surface area contributed by atoms with E-state index in [0.29, 0.717) is 37.4 Å². The molecule has 3 rings (SSSR count). The highest BCUT2D eigenvalue weighted by Gasteiger charge is 2.30. The minimum Gasteiger partial charge on any atom is -0.480 e. The minimum absolute atomic E-state index is 0.0469. The van der Waals surface area contributed by atoms with Gasteiger partial charge in [-0.25, -0.2) is 17.9 Å². The Morgan fingerprint density at radius 1 is 1.18 bits per heavy atom. The monoisotopic (exact) mass is 427 g/mol. The average Bonchev–Trinajstić information content (AvgIpc) is 3.20. The molecule has 0 aromatic carbocycles. The quantitative estimate of drug-likeness (QED) is 0.667. The van der Waals surface area contributed by atoms with Gasteiger partial charge in [-0.15, -0.1) is 11.3 Å². The Bertz CT molecular complexity index is 922. The maximum Gasteiger partial charge on any atom is 0.349 e. The van der Waals surface area contributed by atoms with Gasteiger partial charge in [0, 0.05) is 6.04 Å². The summed E-state index contributed by atoms with van der Waals surface area (Å²) in [6.45, 7) is 0. The lowest BCUT2D eigenvalue weighted by molar-refractivity contribution is 0.0602. The number of nitrogens with zero attached hydrogens (tertiary/aromatic N) is 2. The molecule has 1 aliphatic carbocycles. The van der Waals surface area contributed by atoms with Gasteiger partial charge in [0.25, 0.3) is 0 Å². The lowest BCUT2D eigenvalue weighted by Crippen LogP contribution is -2.40. The molecule has 0 radical (unpaired) electrons. The second-order valence-electron chi connectivity index (χ2n) is 6.22. The van der Waals surface area contributed by atoms with Crippen LogP contribution in [0, 0.1) is 0 Å². The highest BCUT2D eigenvalue weighted by molar-refractivity contribution is 7.89. The Morgan fingerprint density at radius 3 is 2.57 bits per heavy atom. The van der Waals surface area contributed by atoms with Crippen LogP contribution >= 0.6 is 11.3 Å². The first-order chi connectivity index (χ1) is 13.4. The first-order valence-corrected chi connectivity index (χ1v) is 11.0. The number of nitrogens with one attached hydrogen (secondary N) is 1. The third-order valence-corrected chi connectivity index (χ3v) is 6.96. The fourth-order valence-corrected chi connectivity index (χ4v) is 5.63. The van der Waals surface area contributed by atoms with Gasteiger partial charge in [-0.2, -0.15) is 4.98 Å². The molecule has 1 fully saturated rings. The van der Waals surface area contributed by atoms with Crippen molar-refractivity contribution in [2.75, 3.05) is 14.2 Å². The number of carbonyl (C=O) groups is 1. The second-order valence-corrected chi connectivity index (χ2v) is 8.82. The summed E-state index contributed by atoms with van der Waals surface area (Å²) >= 11 is 1.04. The SMILES string of the molecule is COC(=O)c1sccc1S(=O)(=O)NC1CCC(Oc2cncc(OC)n2)CC1. The topological polar surface area (TPSA) is 117 Å². The fraction of sp³-hybridized carbons (Fsp3) is 0.471. The van der Waals surface area contributed by atoms with Crippen molar-refractivity contribution in [3.8, 4) is 11.8 Å². The van der Waals surface area contributed by atoms with E-state index in [2.05, 4.69) is 19.4 Å². The van der Waals surface area contributed by atoms with Gasteiger partial charge in [-0.3, -0.25) is 4.98 Å². The Kier molecular flexibility index (Phi) is 6.47. The lowest BCUT2D eigenvalue weighted by Gasteiger charge is -2.29. The molecule has 1 aliphatic rings. The zero-order valence-electron chi connectivity index (χ0n) is 15.5. The van der Waals surface area contributed by atoms with Crippen LogP contribution in [0.25, 0.3) is 0 Å². The Morgan fingerprint density at radius 2 is 1.89 bits per heavy atom. The van der Waals surface area contributed by atoms with Crippen molar-refractivity contribution in [3.63, 3.8) is 0 Å². The van der Waals surface area contributed by atoms with Gasteiger partial charge in [0.1, 0.15) is 15.9 Å². The molecule has 0 bridgehead atoms. The van der Waals surface area contributed by atoms with E-state index in [9.17, 15) is 13.2 Å². The van der Waals surface area contributed by atoms with Crippen LogP contribution in [0.2, 0.25) is 0 Å². The van der Waals surface area contributed by atoms with Crippen molar-refractivity contribution in [2.24, 2.45) is 0 Å². The van der Waals surface area contributed by atoms with Gasteiger partial charge >= 0.3 is 5.97 Å². The van der Waals surface area contributed by atoms with Gasteiger partial charge in [-0.1, -0.05) is 0 Å². The Hall–Kier alpha value is -2.24. The molecule has 2 heterocycles. The molecule has 9 nitrogen and oxygen atoms in total. The van der Waals surface area contributed by atoms with Crippen molar-refractivity contribution in [2.45, 2.75) is 42.7 Å². The predicted octanol–water partition coefficient (Wildman–Crippen LogP) is 2.00. The average molecular weight is 428 g/mol. The number of hydrogen-bond acceptors (Lipinski definition) is 9. The molecule has 152 valence electrons. The number of methoxy groups -OCH3 is 2. The molecule has 0 atom stereocenters. The third kappa shape index (κ3) is 4.78. The van der Waals surface area contributed by atoms with Crippen LogP contribution in [0.5, 0.6) is 11.8 Å². The van der Waals surface area contributed by atoms with Gasteiger partial charge in [0.15, 0.2) is 0 Å². The van der Waals surface area contributed by atoms with E-state index in [1.807, 2.05) is 0 Å². The normalized spacial score (nSPS) is 19.8. The molecule has 2 aromatic rings. The number of rotatable bonds is 7. The molecule has 0 unspecified atom stereocenters. The molecule has 11 heteroatoms. The van der Waals surface area contributed by atoms with Crippen molar-refractivity contribution in [3.05, 3.63) is 28.7 Å². The standard InChI is InChI=1S/C17H21N3O6S2/c1-24-14-9-18-10-15(19-14)26-12-5-3-11(4-6-12)20-28(22,23)13-7-8-27-16(13)17(21)25-2/h7-12,20H,3-6H2,1-2H3. The first kappa shape index (κ1) is 20.5. The third-order valence-electron chi connectivity index (χ3n) is 4.37. The molecule has 1 N–H and O–H groups in total. The van der Waals surface area contributed by atoms with Crippen LogP contribution in [0.1, 0.15) is 35.4 Å². The van der Waals surface area contributed by atoms with E-state index in [4.69, 9.17) is 9.47 Å². The summed E-state index contributed by atoms with van der Waals surface area (Å²) in [7, 11) is -1.08. The highest BCUT2D eigenvalue weighted by Crippen LogP contribution is 2.27. The molecule has 0 spiro atoms. The summed E-state index contributed by atoms with van der Waals surface area (Å²) in [6.07, 6.45) is 5.49. The van der Waals surface area contributed by atoms with Crippen LogP contribution < -0.4 is 14.2 Å². The van der Waals surface area contributed by atoms with E-state index in [1.54, 1.807) is 5.38 Å². The van der Waals surface area contributed by atoms with Gasteiger partial charge in [-0.05, 0) is 37.1 Å². The molecule has 0 amide bonds. The second kappa shape index (κ2) is 8.84. The number of ether oxygens (including phenoxy) is 3. The van der Waals surface area contributed by atoms with E-state index >= 15 is 0 Å².